The van der Waals surface area contributed by atoms with Crippen LogP contribution in [0.3, 0.4) is 0 Å². The summed E-state index contributed by atoms with van der Waals surface area (Å²) in [7, 11) is -4.67. The van der Waals surface area contributed by atoms with E-state index in [1.165, 1.54) is 0 Å². The molecule has 0 saturated heterocycles. The minimum absolute atomic E-state index is 0. The van der Waals surface area contributed by atoms with E-state index >= 15 is 0 Å². The maximum absolute atomic E-state index is 8.74. The van der Waals surface area contributed by atoms with E-state index in [2.05, 4.69) is 0 Å². The second-order valence-corrected chi connectivity index (χ2v) is 2.98. The molecule has 13 heteroatoms. The number of hydrogen-bond acceptors (Lipinski definition) is 5. The van der Waals surface area contributed by atoms with Gasteiger partial charge in [-0.25, -0.2) is 0 Å². The first-order chi connectivity index (χ1) is 4.00. The van der Waals surface area contributed by atoms with E-state index in [1.807, 2.05) is 0 Å². The summed E-state index contributed by atoms with van der Waals surface area (Å²) in [4.78, 5) is 0. The standard InChI is InChI=1S/2K.Mn.H2O4S.H2O.3O.Zn.2H/c;;;1-5(2,3)4;;;;;;;/h;;;(H2,1,2,3,4);1H2;;;;;;/q3*+1;;;;;;;2*-1/p-1. The van der Waals surface area contributed by atoms with Gasteiger partial charge in [0.15, 0.2) is 0 Å². The zero-order valence-electron chi connectivity index (χ0n) is 8.88. The molecule has 0 aromatic carbocycles. The first-order valence-electron chi connectivity index (χ1n) is 1.33. The van der Waals surface area contributed by atoms with Gasteiger partial charge in [0, 0.05) is 19.5 Å². The van der Waals surface area contributed by atoms with Crippen molar-refractivity contribution >= 4 is 10.4 Å². The van der Waals surface area contributed by atoms with Crippen molar-refractivity contribution in [1.82, 2.24) is 0 Å². The van der Waals surface area contributed by atoms with Gasteiger partial charge >= 0.3 is 142 Å². The molecular weight excluding hydrogens is 359 g/mol. The van der Waals surface area contributed by atoms with Crippen molar-refractivity contribution in [3.8, 4) is 0 Å². The molecule has 70 valence electrons. The quantitative estimate of drug-likeness (QED) is 0.284. The van der Waals surface area contributed by atoms with E-state index in [9.17, 15) is 0 Å². The second kappa shape index (κ2) is 13.7. The van der Waals surface area contributed by atoms with Crippen LogP contribution in [0.2, 0.25) is 0 Å². The average molecular weight is 364 g/mol. The van der Waals surface area contributed by atoms with Crippen molar-refractivity contribution in [3.05, 3.63) is 0 Å². The van der Waals surface area contributed by atoms with Gasteiger partial charge in [-0.1, -0.05) is 0 Å². The van der Waals surface area contributed by atoms with Crippen LogP contribution in [0.1, 0.15) is 2.85 Å². The topological polar surface area (TPSA) is 146 Å². The van der Waals surface area contributed by atoms with Crippen molar-refractivity contribution in [3.63, 3.8) is 0 Å². The summed E-state index contributed by atoms with van der Waals surface area (Å²) in [5.74, 6) is 0. The van der Waals surface area contributed by atoms with Gasteiger partial charge in [0.2, 0.25) is 0 Å². The molecule has 0 aliphatic rings. The second-order valence-electron chi connectivity index (χ2n) is 0.844. The molecule has 0 amide bonds. The Bertz CT molecular complexity index is 306. The van der Waals surface area contributed by atoms with Gasteiger partial charge in [-0.15, -0.1) is 0 Å². The van der Waals surface area contributed by atoms with Crippen LogP contribution in [-0.4, -0.2) is 21.7 Å². The van der Waals surface area contributed by atoms with Gasteiger partial charge in [0.05, 0.1) is 0 Å². The molecule has 0 aliphatic heterocycles. The number of rotatable bonds is 0. The third kappa shape index (κ3) is 219. The van der Waals surface area contributed by atoms with Gasteiger partial charge in [-0.05, 0) is 0 Å². The van der Waals surface area contributed by atoms with Crippen molar-refractivity contribution < 1.29 is 171 Å². The summed E-state index contributed by atoms with van der Waals surface area (Å²) >= 11 is -5.38. The Labute approximate surface area is 177 Å². The molecular formula is H5K2MnO8SZn. The Hall–Kier alpha value is 3.65. The van der Waals surface area contributed by atoms with Gasteiger partial charge in [-0.2, -0.15) is 8.42 Å². The predicted molar refractivity (Wildman–Crippen MR) is 20.7 cm³/mol. The van der Waals surface area contributed by atoms with Crippen molar-refractivity contribution in [2.75, 3.05) is 0 Å². The SMILES string of the molecule is O=S(=O)(O)O.[H-].[H-].[K+].[K+].[O]=[Mn](=[O])(=[O])[OH].[Zn]. The van der Waals surface area contributed by atoms with E-state index < -0.39 is 23.4 Å². The fourth-order valence-corrected chi connectivity index (χ4v) is 0. The zero-order valence-corrected chi connectivity index (χ0v) is 18.1. The molecule has 0 aliphatic carbocycles. The van der Waals surface area contributed by atoms with Crippen LogP contribution in [-0.2, 0) is 54.4 Å². The minimum Gasteiger partial charge on any atom is 0 e. The monoisotopic (exact) mass is 362 g/mol. The number of hydrogen-bond donors (Lipinski definition) is 3. The molecule has 0 heterocycles. The molecule has 3 N–H and O–H groups in total. The van der Waals surface area contributed by atoms with E-state index in [0.717, 1.165) is 0 Å². The Morgan fingerprint density at radius 3 is 1.00 bits per heavy atom. The summed E-state index contributed by atoms with van der Waals surface area (Å²) in [6, 6.07) is 0. The Kier molecular flexibility index (Phi) is 31.7. The molecule has 0 fully saturated rings. The van der Waals surface area contributed by atoms with Crippen molar-refractivity contribution in [1.29, 1.82) is 0 Å². The van der Waals surface area contributed by atoms with Gasteiger partial charge in [0.25, 0.3) is 0 Å². The van der Waals surface area contributed by atoms with Crippen LogP contribution in [0.4, 0.5) is 0 Å². The zero-order chi connectivity index (χ0) is 9.00. The minimum atomic E-state index is -5.38. The van der Waals surface area contributed by atoms with Gasteiger partial charge < -0.3 is 2.85 Å². The normalized spacial score (nSPS) is 8.85. The summed E-state index contributed by atoms with van der Waals surface area (Å²) < 4.78 is 64.6. The fraction of sp³-hybridized carbons (Fsp3) is 0. The Morgan fingerprint density at radius 1 is 1.00 bits per heavy atom. The predicted octanol–water partition coefficient (Wildman–Crippen LogP) is -7.34. The third-order valence-electron chi connectivity index (χ3n) is 0. The van der Waals surface area contributed by atoms with Crippen LogP contribution in [0, 0.1) is 0 Å². The van der Waals surface area contributed by atoms with Crippen LogP contribution in [0.5, 0.6) is 0 Å². The van der Waals surface area contributed by atoms with Gasteiger partial charge in [0.1, 0.15) is 0 Å². The molecule has 0 rings (SSSR count). The fourth-order valence-electron chi connectivity index (χ4n) is 0. The van der Waals surface area contributed by atoms with Crippen LogP contribution < -0.4 is 103 Å². The molecule has 8 nitrogen and oxygen atoms in total. The average Bonchev–Trinajstić information content (AvgIpc) is 1.12. The molecule has 0 unspecified atom stereocenters. The molecule has 0 aromatic heterocycles. The van der Waals surface area contributed by atoms with E-state index in [-0.39, 0.29) is 125 Å². The maximum Gasteiger partial charge on any atom is 0 e. The molecule has 0 aromatic rings. The summed E-state index contributed by atoms with van der Waals surface area (Å²) in [5, 5.41) is 0. The maximum atomic E-state index is 8.74. The smallest absolute Gasteiger partial charge is 0 e. The van der Waals surface area contributed by atoms with E-state index in [1.54, 1.807) is 0 Å². The molecule has 13 heavy (non-hydrogen) atoms. The molecule has 0 bridgehead atoms. The van der Waals surface area contributed by atoms with Crippen molar-refractivity contribution in [2.45, 2.75) is 0 Å². The Balaban J connectivity index is -0.0000000128. The first-order valence-corrected chi connectivity index (χ1v) is 4.70. The van der Waals surface area contributed by atoms with Crippen LogP contribution in [0.15, 0.2) is 0 Å². The Morgan fingerprint density at radius 2 is 1.00 bits per heavy atom. The first kappa shape index (κ1) is 30.0. The van der Waals surface area contributed by atoms with Crippen molar-refractivity contribution in [2.24, 2.45) is 0 Å². The molecule has 0 saturated carbocycles. The molecule has 0 radical (unpaired) electrons. The largest absolute Gasteiger partial charge is 0 e. The van der Waals surface area contributed by atoms with E-state index in [4.69, 9.17) is 33.2 Å². The molecule has 0 atom stereocenters. The van der Waals surface area contributed by atoms with Crippen LogP contribution >= 0.6 is 0 Å². The summed E-state index contributed by atoms with van der Waals surface area (Å²) in [6.07, 6.45) is 0. The third-order valence-corrected chi connectivity index (χ3v) is 0. The summed E-state index contributed by atoms with van der Waals surface area (Å²) in [5.41, 5.74) is 0. The van der Waals surface area contributed by atoms with Gasteiger partial charge in [-0.3, -0.25) is 9.11 Å². The van der Waals surface area contributed by atoms with Crippen LogP contribution in [0.25, 0.3) is 0 Å². The van der Waals surface area contributed by atoms with E-state index in [0.29, 0.717) is 0 Å². The molecule has 0 spiro atoms. The summed E-state index contributed by atoms with van der Waals surface area (Å²) in [6.45, 7) is 0.